The number of rotatable bonds is 7. The van der Waals surface area contributed by atoms with Crippen LogP contribution >= 0.6 is 0 Å². The average molecular weight is 697 g/mol. The summed E-state index contributed by atoms with van der Waals surface area (Å²) in [7, 11) is -9.45. The van der Waals surface area contributed by atoms with Crippen molar-refractivity contribution in [2.24, 2.45) is 20.5 Å². The number of nitrogens with two attached hydrogens (primary N) is 2. The monoisotopic (exact) mass is 696 g/mol. The van der Waals surface area contributed by atoms with Crippen molar-refractivity contribution >= 4 is 75.9 Å². The maximum Gasteiger partial charge on any atom is 1.00 e. The Bertz CT molecular complexity index is 2440. The molecule has 0 aliphatic heterocycles. The molecule has 6 aromatic carbocycles. The van der Waals surface area contributed by atoms with Gasteiger partial charge in [0.2, 0.25) is 0 Å². The van der Waals surface area contributed by atoms with Gasteiger partial charge in [-0.25, -0.2) is 16.8 Å². The van der Waals surface area contributed by atoms with Gasteiger partial charge in [0.05, 0.1) is 32.5 Å². The first kappa shape index (κ1) is 37.3. The van der Waals surface area contributed by atoms with Crippen molar-refractivity contribution in [3.63, 3.8) is 0 Å². The summed E-state index contributed by atoms with van der Waals surface area (Å²) in [6, 6.07) is 29.1. The molecule has 0 bridgehead atoms. The fraction of sp³-hybridized carbons (Fsp3) is 0. The van der Waals surface area contributed by atoms with Crippen LogP contribution in [0.5, 0.6) is 0 Å². The van der Waals surface area contributed by atoms with Gasteiger partial charge in [-0.05, 0) is 65.7 Å². The molecule has 0 amide bonds. The predicted molar refractivity (Wildman–Crippen MR) is 173 cm³/mol. The zero-order chi connectivity index (χ0) is 32.6. The summed E-state index contributed by atoms with van der Waals surface area (Å²) in [5, 5.41) is 18.0. The van der Waals surface area contributed by atoms with E-state index < -0.39 is 25.1 Å². The Morgan fingerprint density at radius 3 is 1.52 bits per heavy atom. The van der Waals surface area contributed by atoms with Gasteiger partial charge in [0.1, 0.15) is 25.9 Å². The third-order valence-corrected chi connectivity index (χ3v) is 8.95. The third-order valence-electron chi connectivity index (χ3n) is 7.18. The van der Waals surface area contributed by atoms with Gasteiger partial charge in [-0.15, -0.1) is 5.11 Å². The molecular weight excluding hydrogens is 675 g/mol. The number of fused-ring (bicyclic) bond motifs is 2. The van der Waals surface area contributed by atoms with E-state index in [0.717, 1.165) is 17.2 Å². The van der Waals surface area contributed by atoms with E-state index in [1.54, 1.807) is 54.6 Å². The molecule has 0 aromatic heterocycles. The molecule has 6 rings (SSSR count). The van der Waals surface area contributed by atoms with E-state index in [-0.39, 0.29) is 86.2 Å². The first-order valence-electron chi connectivity index (χ1n) is 13.5. The Labute approximate surface area is 320 Å². The van der Waals surface area contributed by atoms with E-state index in [1.165, 1.54) is 24.3 Å². The number of nitrogens with zero attached hydrogens (tertiary/aromatic N) is 4. The van der Waals surface area contributed by atoms with E-state index >= 15 is 0 Å². The van der Waals surface area contributed by atoms with E-state index in [2.05, 4.69) is 20.5 Å². The summed E-state index contributed by atoms with van der Waals surface area (Å²) >= 11 is 0. The maximum absolute atomic E-state index is 11.9. The second-order valence-electron chi connectivity index (χ2n) is 10.1. The van der Waals surface area contributed by atoms with Crippen LogP contribution in [0.1, 0.15) is 0 Å². The summed E-state index contributed by atoms with van der Waals surface area (Å²) in [6.45, 7) is 0. The molecule has 12 nitrogen and oxygen atoms in total. The molecule has 16 heteroatoms. The zero-order valence-electron chi connectivity index (χ0n) is 25.6. The Morgan fingerprint density at radius 1 is 0.479 bits per heavy atom. The zero-order valence-corrected chi connectivity index (χ0v) is 31.2. The first-order valence-corrected chi connectivity index (χ1v) is 16.3. The van der Waals surface area contributed by atoms with Crippen molar-refractivity contribution in [1.82, 2.24) is 0 Å². The average Bonchev–Trinajstić information content (AvgIpc) is 3.03. The van der Waals surface area contributed by atoms with Crippen LogP contribution in [0.4, 0.5) is 34.1 Å². The van der Waals surface area contributed by atoms with Crippen LogP contribution in [0.25, 0.3) is 32.7 Å². The van der Waals surface area contributed by atoms with Gasteiger partial charge in [-0.2, -0.15) is 15.3 Å². The van der Waals surface area contributed by atoms with Gasteiger partial charge in [0.15, 0.2) is 0 Å². The summed E-state index contributed by atoms with van der Waals surface area (Å²) in [5.74, 6) is 0. The molecule has 0 spiro atoms. The molecule has 48 heavy (non-hydrogen) atoms. The quantitative estimate of drug-likeness (QED) is 0.108. The minimum atomic E-state index is -4.78. The van der Waals surface area contributed by atoms with Crippen molar-refractivity contribution in [2.75, 3.05) is 11.5 Å². The van der Waals surface area contributed by atoms with Crippen LogP contribution in [-0.4, -0.2) is 25.9 Å². The number of azo groups is 2. The van der Waals surface area contributed by atoms with Crippen LogP contribution in [0.3, 0.4) is 0 Å². The number of nitrogen functional groups attached to an aromatic ring is 2. The largest absolute Gasteiger partial charge is 1.00 e. The van der Waals surface area contributed by atoms with Crippen molar-refractivity contribution in [2.45, 2.75) is 9.79 Å². The normalized spacial score (nSPS) is 12.0. The number of benzene rings is 6. The van der Waals surface area contributed by atoms with Gasteiger partial charge in [-0.1, -0.05) is 54.6 Å². The number of anilines is 2. The van der Waals surface area contributed by atoms with Gasteiger partial charge in [0.25, 0.3) is 0 Å². The molecule has 6 aromatic rings. The van der Waals surface area contributed by atoms with Gasteiger partial charge in [0, 0.05) is 27.2 Å². The molecule has 0 saturated heterocycles. The third kappa shape index (κ3) is 8.01. The van der Waals surface area contributed by atoms with E-state index in [1.807, 2.05) is 24.3 Å². The molecule has 0 heterocycles. The van der Waals surface area contributed by atoms with Crippen LogP contribution < -0.4 is 70.6 Å². The second kappa shape index (κ2) is 14.9. The summed E-state index contributed by atoms with van der Waals surface area (Å²) in [4.78, 5) is -0.771. The first-order chi connectivity index (χ1) is 21.9. The Kier molecular flexibility index (Phi) is 11.6. The van der Waals surface area contributed by atoms with Crippen LogP contribution in [0.2, 0.25) is 0 Å². The Morgan fingerprint density at radius 2 is 0.958 bits per heavy atom. The molecule has 0 aliphatic rings. The van der Waals surface area contributed by atoms with Crippen LogP contribution in [0.15, 0.2) is 139 Å². The predicted octanol–water partition coefficient (Wildman–Crippen LogP) is 1.47. The minimum absolute atomic E-state index is 0. The molecule has 0 atom stereocenters. The van der Waals surface area contributed by atoms with Crippen molar-refractivity contribution in [3.8, 4) is 11.1 Å². The smallest absolute Gasteiger partial charge is 0.744 e. The van der Waals surface area contributed by atoms with Crippen LogP contribution in [0, 0.1) is 0 Å². The maximum atomic E-state index is 11.9. The molecule has 0 unspecified atom stereocenters. The summed E-state index contributed by atoms with van der Waals surface area (Å²) in [5.41, 5.74) is 16.0. The van der Waals surface area contributed by atoms with Gasteiger partial charge in [-0.3, -0.25) is 0 Å². The second-order valence-corrected chi connectivity index (χ2v) is 12.8. The summed E-state index contributed by atoms with van der Waals surface area (Å²) < 4.78 is 70.4. The topological polar surface area (TPSA) is 216 Å². The standard InChI is InChI=1S/C32H24N6O6S2.2Na/c33-28-15-16-30(45(39,40)41)25-14-13-23(17-27(25)28)37-35-21-9-5-19(6-10-21)20-7-11-22(12-8-20)36-38-29-18-31(46(42,43)44)24-3-1-2-4-26(24)32(29)34;;/h1-18H,33-34H2,(H,39,40,41)(H,42,43,44);;/q;2*+1/p-2. The van der Waals surface area contributed by atoms with E-state index in [9.17, 15) is 25.9 Å². The Balaban J connectivity index is 0.00000260. The van der Waals surface area contributed by atoms with Crippen molar-refractivity contribution in [3.05, 3.63) is 109 Å². The number of hydrogen-bond donors (Lipinski definition) is 2. The van der Waals surface area contributed by atoms with E-state index in [0.29, 0.717) is 33.5 Å². The van der Waals surface area contributed by atoms with Crippen molar-refractivity contribution in [1.29, 1.82) is 0 Å². The molecule has 230 valence electrons. The van der Waals surface area contributed by atoms with Gasteiger partial charge >= 0.3 is 59.1 Å². The van der Waals surface area contributed by atoms with Gasteiger partial charge < -0.3 is 20.6 Å². The minimum Gasteiger partial charge on any atom is -0.744 e. The Hall–Kier alpha value is -3.54. The van der Waals surface area contributed by atoms with E-state index in [4.69, 9.17) is 11.5 Å². The van der Waals surface area contributed by atoms with Crippen LogP contribution in [-0.2, 0) is 20.2 Å². The fourth-order valence-electron chi connectivity index (χ4n) is 4.92. The molecule has 0 fully saturated rings. The molecule has 4 N–H and O–H groups in total. The molecule has 0 saturated carbocycles. The fourth-order valence-corrected chi connectivity index (χ4v) is 6.30. The van der Waals surface area contributed by atoms with Crippen molar-refractivity contribution < 1.29 is 85.1 Å². The molecular formula is C32H22N6Na2O6S2. The summed E-state index contributed by atoms with van der Waals surface area (Å²) in [6.07, 6.45) is 0. The molecule has 0 aliphatic carbocycles. The number of hydrogen-bond acceptors (Lipinski definition) is 12. The SMILES string of the molecule is Nc1ccc(S(=O)(=O)[O-])c2ccc(N=Nc3ccc(-c4ccc(N=Nc5cc(S(=O)(=O)[O-])c6ccccc6c5N)cc4)cc3)cc12.[Na+].[Na+]. The molecule has 0 radical (unpaired) electrons.